The van der Waals surface area contributed by atoms with E-state index in [1.165, 1.54) is 0 Å². The minimum absolute atomic E-state index is 0.0604. The Morgan fingerprint density at radius 2 is 2.14 bits per heavy atom. The van der Waals surface area contributed by atoms with Crippen molar-refractivity contribution in [3.05, 3.63) is 28.8 Å². The Labute approximate surface area is 130 Å². The number of rotatable bonds is 7. The summed E-state index contributed by atoms with van der Waals surface area (Å²) in [4.78, 5) is 0. The van der Waals surface area contributed by atoms with E-state index in [2.05, 4.69) is 12.2 Å². The number of aliphatic hydroxyl groups excluding tert-OH is 1. The van der Waals surface area contributed by atoms with Crippen molar-refractivity contribution in [1.29, 1.82) is 0 Å². The summed E-state index contributed by atoms with van der Waals surface area (Å²) in [5, 5.41) is 12.6. The third kappa shape index (κ3) is 4.31. The lowest BCUT2D eigenvalue weighted by Gasteiger charge is -2.31. The Bertz CT molecular complexity index is 466. The van der Waals surface area contributed by atoms with E-state index in [1.807, 2.05) is 18.2 Å². The minimum atomic E-state index is -0.184. The van der Waals surface area contributed by atoms with Crippen LogP contribution < -0.4 is 11.1 Å². The fourth-order valence-electron chi connectivity index (χ4n) is 2.60. The average Bonchev–Trinajstić information content (AvgIpc) is 2.99. The zero-order valence-electron chi connectivity index (χ0n) is 12.3. The molecular formula is C15H23ClN2O3. The first-order valence-corrected chi connectivity index (χ1v) is 7.53. The van der Waals surface area contributed by atoms with Crippen molar-refractivity contribution >= 4 is 17.3 Å². The predicted molar refractivity (Wildman–Crippen MR) is 83.2 cm³/mol. The molecule has 0 spiro atoms. The molecule has 1 aliphatic heterocycles. The molecule has 1 aromatic carbocycles. The van der Waals surface area contributed by atoms with Crippen LogP contribution in [-0.4, -0.2) is 37.9 Å². The second-order valence-corrected chi connectivity index (χ2v) is 6.00. The number of nitrogen functional groups attached to an aromatic ring is 1. The monoisotopic (exact) mass is 314 g/mol. The molecule has 6 heteroatoms. The molecule has 0 amide bonds. The van der Waals surface area contributed by atoms with Gasteiger partial charge in [0.1, 0.15) is 0 Å². The number of hydrogen-bond donors (Lipinski definition) is 3. The summed E-state index contributed by atoms with van der Waals surface area (Å²) in [6.07, 6.45) is 1.51. The third-order valence-corrected chi connectivity index (χ3v) is 4.29. The van der Waals surface area contributed by atoms with E-state index in [0.29, 0.717) is 30.5 Å². The second kappa shape index (κ2) is 7.42. The van der Waals surface area contributed by atoms with E-state index in [1.54, 1.807) is 0 Å². The minimum Gasteiger partial charge on any atom is -0.398 e. The van der Waals surface area contributed by atoms with Gasteiger partial charge in [-0.15, -0.1) is 0 Å². The lowest BCUT2D eigenvalue weighted by atomic mass is 9.78. The number of halogens is 1. The highest BCUT2D eigenvalue weighted by molar-refractivity contribution is 6.33. The van der Waals surface area contributed by atoms with Crippen molar-refractivity contribution in [2.75, 3.05) is 32.2 Å². The van der Waals surface area contributed by atoms with E-state index in [4.69, 9.17) is 31.9 Å². The van der Waals surface area contributed by atoms with Gasteiger partial charge in [0, 0.05) is 12.0 Å². The van der Waals surface area contributed by atoms with Crippen LogP contribution in [0.15, 0.2) is 18.2 Å². The molecule has 0 bridgehead atoms. The van der Waals surface area contributed by atoms with Crippen molar-refractivity contribution in [2.24, 2.45) is 0 Å². The smallest absolute Gasteiger partial charge is 0.157 e. The van der Waals surface area contributed by atoms with E-state index in [0.717, 1.165) is 18.4 Å². The molecular weight excluding hydrogens is 292 g/mol. The Kier molecular flexibility index (Phi) is 5.84. The van der Waals surface area contributed by atoms with Crippen LogP contribution in [0.2, 0.25) is 5.02 Å². The molecule has 5 nitrogen and oxygen atoms in total. The molecule has 0 saturated carbocycles. The van der Waals surface area contributed by atoms with Gasteiger partial charge in [-0.05, 0) is 30.5 Å². The average molecular weight is 315 g/mol. The maximum absolute atomic E-state index is 9.05. The van der Waals surface area contributed by atoms with Crippen LogP contribution in [0.4, 0.5) is 5.69 Å². The molecule has 1 heterocycles. The molecule has 21 heavy (non-hydrogen) atoms. The number of anilines is 1. The fourth-order valence-corrected chi connectivity index (χ4v) is 2.71. The van der Waals surface area contributed by atoms with Crippen LogP contribution >= 0.6 is 11.6 Å². The number of ether oxygens (including phenoxy) is 2. The fraction of sp³-hybridized carbons (Fsp3) is 0.600. The predicted octanol–water partition coefficient (Wildman–Crippen LogP) is 1.87. The topological polar surface area (TPSA) is 76.7 Å². The zero-order chi connectivity index (χ0) is 15.3. The van der Waals surface area contributed by atoms with Gasteiger partial charge in [-0.25, -0.2) is 0 Å². The molecule has 0 aliphatic carbocycles. The van der Waals surface area contributed by atoms with Gasteiger partial charge in [-0.2, -0.15) is 0 Å². The van der Waals surface area contributed by atoms with Gasteiger partial charge in [0.05, 0.1) is 30.7 Å². The lowest BCUT2D eigenvalue weighted by Crippen LogP contribution is -2.37. The summed E-state index contributed by atoms with van der Waals surface area (Å²) in [6, 6.07) is 5.69. The first kappa shape index (κ1) is 16.5. The van der Waals surface area contributed by atoms with Crippen molar-refractivity contribution < 1.29 is 14.6 Å². The van der Waals surface area contributed by atoms with Gasteiger partial charge in [0.2, 0.25) is 0 Å². The lowest BCUT2D eigenvalue weighted by molar-refractivity contribution is -0.0510. The molecule has 4 N–H and O–H groups in total. The highest BCUT2D eigenvalue weighted by Crippen LogP contribution is 2.33. The maximum Gasteiger partial charge on any atom is 0.157 e. The van der Waals surface area contributed by atoms with Crippen molar-refractivity contribution in [2.45, 2.75) is 31.5 Å². The van der Waals surface area contributed by atoms with Crippen LogP contribution in [0.5, 0.6) is 0 Å². The molecule has 1 fully saturated rings. The van der Waals surface area contributed by atoms with Gasteiger partial charge < -0.3 is 20.3 Å². The normalized spacial score (nSPS) is 18.8. The maximum atomic E-state index is 9.05. The summed E-state index contributed by atoms with van der Waals surface area (Å²) >= 11 is 6.00. The van der Waals surface area contributed by atoms with Crippen LogP contribution in [0.3, 0.4) is 0 Å². The van der Waals surface area contributed by atoms with E-state index < -0.39 is 0 Å². The Balaban J connectivity index is 2.11. The number of aliphatic hydroxyl groups is 1. The quantitative estimate of drug-likeness (QED) is 0.529. The van der Waals surface area contributed by atoms with Gasteiger partial charge in [0.15, 0.2) is 6.29 Å². The summed E-state index contributed by atoms with van der Waals surface area (Å²) in [5.74, 6) is 0. The van der Waals surface area contributed by atoms with E-state index >= 15 is 0 Å². The summed E-state index contributed by atoms with van der Waals surface area (Å²) in [7, 11) is 0. The molecule has 0 aromatic heterocycles. The van der Waals surface area contributed by atoms with E-state index in [9.17, 15) is 0 Å². The summed E-state index contributed by atoms with van der Waals surface area (Å²) in [5.41, 5.74) is 7.38. The summed E-state index contributed by atoms with van der Waals surface area (Å²) in [6.45, 7) is 4.02. The van der Waals surface area contributed by atoms with Crippen LogP contribution in [-0.2, 0) is 14.9 Å². The van der Waals surface area contributed by atoms with E-state index in [-0.39, 0.29) is 18.4 Å². The first-order valence-electron chi connectivity index (χ1n) is 7.15. The zero-order valence-corrected chi connectivity index (χ0v) is 13.0. The third-order valence-electron chi connectivity index (χ3n) is 3.94. The number of nitrogens with one attached hydrogen (secondary N) is 1. The van der Waals surface area contributed by atoms with Crippen molar-refractivity contribution in [1.82, 2.24) is 5.32 Å². The molecule has 2 rings (SSSR count). The van der Waals surface area contributed by atoms with Crippen LogP contribution in [0.25, 0.3) is 0 Å². The largest absolute Gasteiger partial charge is 0.398 e. The number of nitrogens with two attached hydrogens (primary N) is 1. The van der Waals surface area contributed by atoms with Gasteiger partial charge in [0.25, 0.3) is 0 Å². The van der Waals surface area contributed by atoms with Gasteiger partial charge in [-0.1, -0.05) is 24.6 Å². The standard InChI is InChI=1S/C15H23ClN2O3/c1-15(9-18-10-19,5-4-14-20-6-7-21-14)11-2-3-12(16)13(17)8-11/h2-3,8,14,18-19H,4-7,9-10,17H2,1H3. The molecule has 1 unspecified atom stereocenters. The van der Waals surface area contributed by atoms with Crippen LogP contribution in [0, 0.1) is 0 Å². The van der Waals surface area contributed by atoms with Crippen molar-refractivity contribution in [3.63, 3.8) is 0 Å². The van der Waals surface area contributed by atoms with Crippen LogP contribution in [0.1, 0.15) is 25.3 Å². The van der Waals surface area contributed by atoms with Gasteiger partial charge in [-0.3, -0.25) is 5.32 Å². The van der Waals surface area contributed by atoms with Crippen molar-refractivity contribution in [3.8, 4) is 0 Å². The number of benzene rings is 1. The molecule has 1 aromatic rings. The Morgan fingerprint density at radius 3 is 2.76 bits per heavy atom. The SMILES string of the molecule is CC(CCC1OCCO1)(CNCO)c1ccc(Cl)c(N)c1. The highest BCUT2D eigenvalue weighted by atomic mass is 35.5. The Hall–Kier alpha value is -0.850. The molecule has 118 valence electrons. The highest BCUT2D eigenvalue weighted by Gasteiger charge is 2.29. The first-order chi connectivity index (χ1) is 10.0. The molecule has 0 radical (unpaired) electrons. The second-order valence-electron chi connectivity index (χ2n) is 5.59. The summed E-state index contributed by atoms with van der Waals surface area (Å²) < 4.78 is 11.0. The Morgan fingerprint density at radius 1 is 1.43 bits per heavy atom. The van der Waals surface area contributed by atoms with Gasteiger partial charge >= 0.3 is 0 Å². The molecule has 1 atom stereocenters. The molecule has 1 saturated heterocycles. The number of hydrogen-bond acceptors (Lipinski definition) is 5. The molecule has 1 aliphatic rings.